The third-order valence-electron chi connectivity index (χ3n) is 2.49. The van der Waals surface area contributed by atoms with E-state index in [1.165, 1.54) is 4.31 Å². The van der Waals surface area contributed by atoms with E-state index in [-0.39, 0.29) is 12.3 Å². The number of aliphatic hydroxyl groups is 1. The summed E-state index contributed by atoms with van der Waals surface area (Å²) in [6.45, 7) is 2.32. The van der Waals surface area contributed by atoms with Crippen molar-refractivity contribution in [1.29, 1.82) is 0 Å². The Morgan fingerprint density at radius 3 is 2.64 bits per heavy atom. The van der Waals surface area contributed by atoms with Crippen molar-refractivity contribution >= 4 is 10.0 Å². The van der Waals surface area contributed by atoms with Gasteiger partial charge in [0.05, 0.1) is 11.9 Å². The molecule has 0 spiro atoms. The van der Waals surface area contributed by atoms with E-state index in [9.17, 15) is 13.5 Å². The molecule has 6 heteroatoms. The second-order valence-electron chi connectivity index (χ2n) is 3.79. The zero-order valence-corrected chi connectivity index (χ0v) is 9.20. The quantitative estimate of drug-likeness (QED) is 0.649. The molecule has 84 valence electrons. The molecule has 14 heavy (non-hydrogen) atoms. The van der Waals surface area contributed by atoms with Gasteiger partial charge in [-0.1, -0.05) is 0 Å². The van der Waals surface area contributed by atoms with Gasteiger partial charge in [0.25, 0.3) is 0 Å². The van der Waals surface area contributed by atoms with Crippen molar-refractivity contribution in [3.63, 3.8) is 0 Å². The minimum atomic E-state index is -3.11. The van der Waals surface area contributed by atoms with E-state index < -0.39 is 22.2 Å². The number of sulfonamides is 1. The zero-order chi connectivity index (χ0) is 10.8. The Kier molecular flexibility index (Phi) is 3.88. The second kappa shape index (κ2) is 4.57. The SMILES string of the molecule is CC(O)C(N)CN1CCCCS1(=O)=O. The lowest BCUT2D eigenvalue weighted by Crippen LogP contribution is -2.48. The van der Waals surface area contributed by atoms with Gasteiger partial charge >= 0.3 is 0 Å². The molecule has 3 N–H and O–H groups in total. The van der Waals surface area contributed by atoms with Crippen LogP contribution in [0.1, 0.15) is 19.8 Å². The summed E-state index contributed by atoms with van der Waals surface area (Å²) in [6.07, 6.45) is 0.932. The first kappa shape index (κ1) is 11.9. The Hall–Kier alpha value is -0.170. The van der Waals surface area contributed by atoms with Crippen molar-refractivity contribution in [2.45, 2.75) is 31.9 Å². The maximum atomic E-state index is 11.5. The fourth-order valence-corrected chi connectivity index (χ4v) is 3.07. The first-order valence-corrected chi connectivity index (χ1v) is 6.46. The normalized spacial score (nSPS) is 27.1. The van der Waals surface area contributed by atoms with Crippen LogP contribution in [0, 0.1) is 0 Å². The average molecular weight is 222 g/mol. The maximum Gasteiger partial charge on any atom is 0.214 e. The molecular weight excluding hydrogens is 204 g/mol. The summed E-state index contributed by atoms with van der Waals surface area (Å²) in [6, 6.07) is -0.497. The first-order chi connectivity index (χ1) is 6.43. The molecule has 2 atom stereocenters. The Balaban J connectivity index is 2.58. The molecule has 1 fully saturated rings. The predicted molar refractivity (Wildman–Crippen MR) is 54.3 cm³/mol. The minimum Gasteiger partial charge on any atom is -0.392 e. The van der Waals surface area contributed by atoms with Gasteiger partial charge in [0.2, 0.25) is 10.0 Å². The lowest BCUT2D eigenvalue weighted by Gasteiger charge is -2.29. The number of aliphatic hydroxyl groups excluding tert-OH is 1. The van der Waals surface area contributed by atoms with E-state index >= 15 is 0 Å². The third kappa shape index (κ3) is 2.91. The maximum absolute atomic E-state index is 11.5. The van der Waals surface area contributed by atoms with E-state index in [0.29, 0.717) is 6.54 Å². The summed E-state index contributed by atoms with van der Waals surface area (Å²) in [7, 11) is -3.11. The average Bonchev–Trinajstić information content (AvgIpc) is 2.08. The first-order valence-electron chi connectivity index (χ1n) is 4.85. The van der Waals surface area contributed by atoms with Crippen LogP contribution in [0.4, 0.5) is 0 Å². The molecule has 1 aliphatic heterocycles. The van der Waals surface area contributed by atoms with Gasteiger partial charge in [0.1, 0.15) is 0 Å². The van der Waals surface area contributed by atoms with Crippen LogP contribution in [0.15, 0.2) is 0 Å². The van der Waals surface area contributed by atoms with Gasteiger partial charge in [0, 0.05) is 19.1 Å². The topological polar surface area (TPSA) is 83.6 Å². The summed E-state index contributed by atoms with van der Waals surface area (Å²) in [4.78, 5) is 0. The Labute approximate surface area is 84.9 Å². The molecule has 0 amide bonds. The van der Waals surface area contributed by atoms with Crippen molar-refractivity contribution in [2.24, 2.45) is 5.73 Å². The Morgan fingerprint density at radius 1 is 1.50 bits per heavy atom. The van der Waals surface area contributed by atoms with Crippen molar-refractivity contribution in [1.82, 2.24) is 4.31 Å². The van der Waals surface area contributed by atoms with Crippen LogP contribution in [-0.4, -0.2) is 48.8 Å². The van der Waals surface area contributed by atoms with E-state index in [0.717, 1.165) is 12.8 Å². The highest BCUT2D eigenvalue weighted by molar-refractivity contribution is 7.89. The van der Waals surface area contributed by atoms with Crippen molar-refractivity contribution in [3.8, 4) is 0 Å². The number of hydrogen-bond acceptors (Lipinski definition) is 4. The predicted octanol–water partition coefficient (Wildman–Crippen LogP) is -0.880. The van der Waals surface area contributed by atoms with Crippen LogP contribution >= 0.6 is 0 Å². The van der Waals surface area contributed by atoms with Crippen molar-refractivity contribution in [3.05, 3.63) is 0 Å². The van der Waals surface area contributed by atoms with E-state index in [4.69, 9.17) is 5.73 Å². The smallest absolute Gasteiger partial charge is 0.214 e. The molecule has 0 aromatic rings. The lowest BCUT2D eigenvalue weighted by atomic mass is 10.2. The lowest BCUT2D eigenvalue weighted by molar-refractivity contribution is 0.150. The highest BCUT2D eigenvalue weighted by Crippen LogP contribution is 2.13. The number of hydrogen-bond donors (Lipinski definition) is 2. The van der Waals surface area contributed by atoms with Crippen LogP contribution in [0.25, 0.3) is 0 Å². The van der Waals surface area contributed by atoms with Crippen LogP contribution in [0.2, 0.25) is 0 Å². The molecule has 1 aliphatic rings. The molecule has 1 rings (SSSR count). The highest BCUT2D eigenvalue weighted by atomic mass is 32.2. The minimum absolute atomic E-state index is 0.208. The number of nitrogens with zero attached hydrogens (tertiary/aromatic N) is 1. The van der Waals surface area contributed by atoms with Crippen LogP contribution < -0.4 is 5.73 Å². The van der Waals surface area contributed by atoms with E-state index in [1.807, 2.05) is 0 Å². The van der Waals surface area contributed by atoms with Crippen LogP contribution in [0.3, 0.4) is 0 Å². The van der Waals surface area contributed by atoms with Gasteiger partial charge in [-0.25, -0.2) is 12.7 Å². The van der Waals surface area contributed by atoms with Crippen molar-refractivity contribution < 1.29 is 13.5 Å². The second-order valence-corrected chi connectivity index (χ2v) is 5.87. The fraction of sp³-hybridized carbons (Fsp3) is 1.00. The fourth-order valence-electron chi connectivity index (χ4n) is 1.43. The van der Waals surface area contributed by atoms with E-state index in [1.54, 1.807) is 6.92 Å². The van der Waals surface area contributed by atoms with Gasteiger partial charge < -0.3 is 10.8 Å². The standard InChI is InChI=1S/C8H18N2O3S/c1-7(11)8(9)6-10-4-2-3-5-14(10,12)13/h7-8,11H,2-6,9H2,1H3. The van der Waals surface area contributed by atoms with Crippen LogP contribution in [0.5, 0.6) is 0 Å². The van der Waals surface area contributed by atoms with E-state index in [2.05, 4.69) is 0 Å². The molecule has 0 aromatic heterocycles. The monoisotopic (exact) mass is 222 g/mol. The van der Waals surface area contributed by atoms with Gasteiger partial charge in [-0.3, -0.25) is 0 Å². The third-order valence-corrected chi connectivity index (χ3v) is 4.41. The zero-order valence-electron chi connectivity index (χ0n) is 8.39. The van der Waals surface area contributed by atoms with Crippen molar-refractivity contribution in [2.75, 3.05) is 18.8 Å². The van der Waals surface area contributed by atoms with Gasteiger partial charge in [-0.15, -0.1) is 0 Å². The molecule has 0 bridgehead atoms. The molecule has 1 saturated heterocycles. The summed E-state index contributed by atoms with van der Waals surface area (Å²) >= 11 is 0. The molecule has 0 radical (unpaired) electrons. The highest BCUT2D eigenvalue weighted by Gasteiger charge is 2.27. The largest absolute Gasteiger partial charge is 0.392 e. The number of rotatable bonds is 3. The molecule has 0 aromatic carbocycles. The molecule has 0 saturated carbocycles. The van der Waals surface area contributed by atoms with Gasteiger partial charge in [-0.2, -0.15) is 0 Å². The summed E-state index contributed by atoms with van der Waals surface area (Å²) in [5.74, 6) is 0.208. The summed E-state index contributed by atoms with van der Waals surface area (Å²) < 4.78 is 24.4. The molecule has 0 aliphatic carbocycles. The van der Waals surface area contributed by atoms with Crippen LogP contribution in [-0.2, 0) is 10.0 Å². The molecular formula is C8H18N2O3S. The summed E-state index contributed by atoms with van der Waals surface area (Å²) in [5.41, 5.74) is 5.61. The molecule has 2 unspecified atom stereocenters. The van der Waals surface area contributed by atoms with Gasteiger partial charge in [-0.05, 0) is 19.8 Å². The molecule has 5 nitrogen and oxygen atoms in total. The summed E-state index contributed by atoms with van der Waals surface area (Å²) in [5, 5.41) is 9.18. The Morgan fingerprint density at radius 2 is 2.14 bits per heavy atom. The number of nitrogens with two attached hydrogens (primary N) is 1. The Bertz CT molecular complexity index is 276. The molecule has 1 heterocycles. The van der Waals surface area contributed by atoms with Gasteiger partial charge in [0.15, 0.2) is 0 Å².